The standard InChI is InChI=1S/C15H24N4O6/c1-2-23-13(20)9-24-19-10-3-4-12(18(8-10)15(19)22)14(21)17-25-11-5-6-16-7-11/h10-12,16H,2-9H2,1H3,(H,17,21)/t10-,11+,12-/m1/s1. The van der Waals surface area contributed by atoms with Gasteiger partial charge in [-0.1, -0.05) is 0 Å². The number of hydrogen-bond acceptors (Lipinski definition) is 7. The van der Waals surface area contributed by atoms with Gasteiger partial charge >= 0.3 is 12.0 Å². The molecule has 0 aromatic rings. The zero-order chi connectivity index (χ0) is 17.8. The van der Waals surface area contributed by atoms with Crippen LogP contribution in [0.1, 0.15) is 26.2 Å². The molecule has 0 spiro atoms. The second kappa shape index (κ2) is 7.98. The Balaban J connectivity index is 1.51. The lowest BCUT2D eigenvalue weighted by molar-refractivity contribution is -0.172. The number of fused-ring (bicyclic) bond motifs is 2. The van der Waals surface area contributed by atoms with E-state index >= 15 is 0 Å². The predicted octanol–water partition coefficient (Wildman–Crippen LogP) is -0.841. The summed E-state index contributed by atoms with van der Waals surface area (Å²) >= 11 is 0. The molecule has 0 aromatic carbocycles. The monoisotopic (exact) mass is 356 g/mol. The van der Waals surface area contributed by atoms with Crippen LogP contribution < -0.4 is 10.8 Å². The molecule has 3 heterocycles. The summed E-state index contributed by atoms with van der Waals surface area (Å²) in [6.45, 7) is 3.59. The maximum absolute atomic E-state index is 12.5. The predicted molar refractivity (Wildman–Crippen MR) is 83.8 cm³/mol. The van der Waals surface area contributed by atoms with Crippen molar-refractivity contribution < 1.29 is 28.8 Å². The number of piperidine rings is 1. The molecule has 3 atom stereocenters. The number of hydroxylamine groups is 3. The number of carbonyl (C=O) groups excluding carboxylic acids is 3. The molecule has 2 N–H and O–H groups in total. The molecule has 3 saturated heterocycles. The summed E-state index contributed by atoms with van der Waals surface area (Å²) in [6, 6.07) is -1.16. The van der Waals surface area contributed by atoms with E-state index in [9.17, 15) is 14.4 Å². The van der Waals surface area contributed by atoms with E-state index in [0.717, 1.165) is 13.0 Å². The van der Waals surface area contributed by atoms with Crippen molar-refractivity contribution >= 4 is 17.9 Å². The Labute approximate surface area is 145 Å². The average molecular weight is 356 g/mol. The van der Waals surface area contributed by atoms with E-state index in [4.69, 9.17) is 14.4 Å². The lowest BCUT2D eigenvalue weighted by Gasteiger charge is -2.29. The molecule has 140 valence electrons. The van der Waals surface area contributed by atoms with Crippen LogP contribution in [0.2, 0.25) is 0 Å². The molecule has 0 aromatic heterocycles. The highest BCUT2D eigenvalue weighted by Crippen LogP contribution is 2.30. The first kappa shape index (κ1) is 17.9. The van der Waals surface area contributed by atoms with Gasteiger partial charge in [-0.2, -0.15) is 5.06 Å². The summed E-state index contributed by atoms with van der Waals surface area (Å²) in [5.74, 6) is -0.856. The Kier molecular flexibility index (Phi) is 5.71. The van der Waals surface area contributed by atoms with Crippen molar-refractivity contribution in [1.82, 2.24) is 20.8 Å². The van der Waals surface area contributed by atoms with Gasteiger partial charge in [0.1, 0.15) is 6.04 Å². The highest BCUT2D eigenvalue weighted by Gasteiger charge is 2.48. The third-order valence-corrected chi connectivity index (χ3v) is 4.59. The van der Waals surface area contributed by atoms with Crippen molar-refractivity contribution in [3.8, 4) is 0 Å². The number of esters is 1. The summed E-state index contributed by atoms with van der Waals surface area (Å²) in [4.78, 5) is 48.4. The minimum absolute atomic E-state index is 0.0426. The van der Waals surface area contributed by atoms with Crippen LogP contribution in [0.15, 0.2) is 0 Å². The summed E-state index contributed by atoms with van der Waals surface area (Å²) in [6.07, 6.45) is 1.94. The second-order valence-corrected chi connectivity index (χ2v) is 6.29. The number of nitrogens with one attached hydrogen (secondary N) is 2. The van der Waals surface area contributed by atoms with Gasteiger partial charge in [0, 0.05) is 13.1 Å². The summed E-state index contributed by atoms with van der Waals surface area (Å²) < 4.78 is 4.79. The Morgan fingerprint density at radius 3 is 2.88 bits per heavy atom. The summed E-state index contributed by atoms with van der Waals surface area (Å²) in [5.41, 5.74) is 2.47. The first-order valence-corrected chi connectivity index (χ1v) is 8.64. The molecule has 3 fully saturated rings. The van der Waals surface area contributed by atoms with Gasteiger partial charge in [0.2, 0.25) is 0 Å². The van der Waals surface area contributed by atoms with Gasteiger partial charge in [-0.3, -0.25) is 14.5 Å². The van der Waals surface area contributed by atoms with Crippen molar-refractivity contribution in [1.29, 1.82) is 0 Å². The largest absolute Gasteiger partial charge is 0.464 e. The van der Waals surface area contributed by atoms with Crippen LogP contribution in [0, 0.1) is 0 Å². The van der Waals surface area contributed by atoms with E-state index < -0.39 is 18.0 Å². The van der Waals surface area contributed by atoms with Gasteiger partial charge in [0.15, 0.2) is 6.61 Å². The molecular formula is C15H24N4O6. The zero-order valence-electron chi connectivity index (χ0n) is 14.2. The number of hydrogen-bond donors (Lipinski definition) is 2. The van der Waals surface area contributed by atoms with E-state index in [1.165, 1.54) is 9.96 Å². The Morgan fingerprint density at radius 2 is 2.16 bits per heavy atom. The van der Waals surface area contributed by atoms with Crippen molar-refractivity contribution in [3.63, 3.8) is 0 Å². The highest BCUT2D eigenvalue weighted by molar-refractivity contribution is 5.88. The SMILES string of the molecule is CCOC(=O)CON1C(=O)N2C[C@H]1CC[C@@H]2C(=O)NO[C@H]1CCNC1. The fourth-order valence-electron chi connectivity index (χ4n) is 3.33. The van der Waals surface area contributed by atoms with Crippen molar-refractivity contribution in [2.45, 2.75) is 44.4 Å². The van der Waals surface area contributed by atoms with Crippen LogP contribution in [0.25, 0.3) is 0 Å². The molecule has 0 saturated carbocycles. The minimum atomic E-state index is -0.589. The molecule has 0 radical (unpaired) electrons. The summed E-state index contributed by atoms with van der Waals surface area (Å²) in [7, 11) is 0. The Hall–Kier alpha value is -1.91. The molecule has 3 amide bonds. The van der Waals surface area contributed by atoms with Gasteiger partial charge in [-0.15, -0.1) is 0 Å². The fraction of sp³-hybridized carbons (Fsp3) is 0.800. The lowest BCUT2D eigenvalue weighted by atomic mass is 10.0. The van der Waals surface area contributed by atoms with Gasteiger partial charge < -0.3 is 15.0 Å². The normalized spacial score (nSPS) is 28.4. The molecule has 3 aliphatic heterocycles. The van der Waals surface area contributed by atoms with Gasteiger partial charge in [-0.25, -0.2) is 15.1 Å². The topological polar surface area (TPSA) is 109 Å². The molecule has 3 rings (SSSR count). The smallest absolute Gasteiger partial charge is 0.345 e. The number of urea groups is 1. The number of rotatable bonds is 7. The molecule has 10 heteroatoms. The van der Waals surface area contributed by atoms with Crippen LogP contribution >= 0.6 is 0 Å². The molecule has 0 unspecified atom stereocenters. The maximum atomic E-state index is 12.5. The number of amides is 3. The Morgan fingerprint density at radius 1 is 1.32 bits per heavy atom. The molecule has 2 bridgehead atoms. The van der Waals surface area contributed by atoms with Crippen molar-refractivity contribution in [3.05, 3.63) is 0 Å². The first-order valence-electron chi connectivity index (χ1n) is 8.64. The third kappa shape index (κ3) is 4.02. The van der Waals surface area contributed by atoms with Gasteiger partial charge in [0.25, 0.3) is 5.91 Å². The van der Waals surface area contributed by atoms with Crippen LogP contribution in [0.5, 0.6) is 0 Å². The zero-order valence-corrected chi connectivity index (χ0v) is 14.2. The van der Waals surface area contributed by atoms with E-state index in [-0.39, 0.29) is 31.3 Å². The van der Waals surface area contributed by atoms with Crippen molar-refractivity contribution in [2.24, 2.45) is 0 Å². The van der Waals surface area contributed by atoms with Crippen molar-refractivity contribution in [2.75, 3.05) is 32.8 Å². The third-order valence-electron chi connectivity index (χ3n) is 4.59. The molecule has 25 heavy (non-hydrogen) atoms. The van der Waals surface area contributed by atoms with Crippen LogP contribution in [-0.2, 0) is 24.0 Å². The van der Waals surface area contributed by atoms with E-state index in [1.54, 1.807) is 6.92 Å². The highest BCUT2D eigenvalue weighted by atomic mass is 16.7. The van der Waals surface area contributed by atoms with E-state index in [1.807, 2.05) is 0 Å². The van der Waals surface area contributed by atoms with Gasteiger partial charge in [-0.05, 0) is 32.7 Å². The second-order valence-electron chi connectivity index (χ2n) is 6.29. The molecule has 3 aliphatic rings. The molecular weight excluding hydrogens is 332 g/mol. The molecule has 10 nitrogen and oxygen atoms in total. The Bertz CT molecular complexity index is 524. The fourth-order valence-corrected chi connectivity index (χ4v) is 3.33. The van der Waals surface area contributed by atoms with E-state index in [2.05, 4.69) is 10.8 Å². The minimum Gasteiger partial charge on any atom is -0.464 e. The average Bonchev–Trinajstić information content (AvgIpc) is 3.20. The lowest BCUT2D eigenvalue weighted by Crippen LogP contribution is -2.50. The van der Waals surface area contributed by atoms with Crippen LogP contribution in [0.4, 0.5) is 4.79 Å². The van der Waals surface area contributed by atoms with E-state index in [0.29, 0.717) is 25.9 Å². The summed E-state index contributed by atoms with van der Waals surface area (Å²) in [5, 5.41) is 4.33. The number of ether oxygens (including phenoxy) is 1. The van der Waals surface area contributed by atoms with Crippen LogP contribution in [-0.4, -0.2) is 78.9 Å². The van der Waals surface area contributed by atoms with Gasteiger partial charge in [0.05, 0.1) is 18.8 Å². The van der Waals surface area contributed by atoms with Crippen LogP contribution in [0.3, 0.4) is 0 Å². The maximum Gasteiger partial charge on any atom is 0.345 e. The molecule has 0 aliphatic carbocycles. The number of nitrogens with zero attached hydrogens (tertiary/aromatic N) is 2. The quantitative estimate of drug-likeness (QED) is 0.452. The first-order chi connectivity index (χ1) is 12.1. The number of carbonyl (C=O) groups is 3.